The lowest BCUT2D eigenvalue weighted by Crippen LogP contribution is -2.53. The van der Waals surface area contributed by atoms with Crippen molar-refractivity contribution in [2.75, 3.05) is 32.8 Å². The van der Waals surface area contributed by atoms with Gasteiger partial charge in [0.05, 0.1) is 30.6 Å². The molecular weight excluding hydrogens is 504 g/mol. The molecule has 3 rings (SSSR count). The zero-order chi connectivity index (χ0) is 27.3. The van der Waals surface area contributed by atoms with Crippen LogP contribution in [0.2, 0.25) is 0 Å². The predicted molar refractivity (Wildman–Crippen MR) is 132 cm³/mol. The Labute approximate surface area is 215 Å². The highest BCUT2D eigenvalue weighted by atomic mass is 32.2. The van der Waals surface area contributed by atoms with Gasteiger partial charge in [0.1, 0.15) is 23.3 Å². The fourth-order valence-corrected chi connectivity index (χ4v) is 5.57. The van der Waals surface area contributed by atoms with Crippen molar-refractivity contribution < 1.29 is 32.6 Å². The van der Waals surface area contributed by atoms with Gasteiger partial charge >= 0.3 is 0 Å². The van der Waals surface area contributed by atoms with Gasteiger partial charge in [-0.1, -0.05) is 6.07 Å². The Kier molecular flexibility index (Phi) is 8.89. The number of H-pyrrole nitrogens is 1. The van der Waals surface area contributed by atoms with Crippen LogP contribution in [0, 0.1) is 20.8 Å². The number of aryl methyl sites for hydroxylation is 3. The minimum Gasteiger partial charge on any atom is -0.491 e. The molecule has 0 radical (unpaired) electrons. The largest absolute Gasteiger partial charge is 0.491 e. The van der Waals surface area contributed by atoms with Crippen molar-refractivity contribution in [3.8, 4) is 5.75 Å². The van der Waals surface area contributed by atoms with Crippen LogP contribution in [0.3, 0.4) is 0 Å². The lowest BCUT2D eigenvalue weighted by atomic mass is 10.1. The SMILES string of the molecule is Cc1ccc2cc1OCCNC(=O)CN(S(=O)(=O)c1c(C)n[nH]c1C)CCNC(=O)[C@H]([C@@H](C)O)NC2=O. The van der Waals surface area contributed by atoms with Crippen molar-refractivity contribution in [1.29, 1.82) is 0 Å². The van der Waals surface area contributed by atoms with Crippen LogP contribution < -0.4 is 20.7 Å². The number of aromatic amines is 1. The summed E-state index contributed by atoms with van der Waals surface area (Å²) in [7, 11) is -4.16. The molecule has 1 aromatic heterocycles. The van der Waals surface area contributed by atoms with Gasteiger partial charge < -0.3 is 25.8 Å². The molecule has 3 amide bonds. The molecule has 0 spiro atoms. The zero-order valence-electron chi connectivity index (χ0n) is 21.1. The van der Waals surface area contributed by atoms with Crippen LogP contribution >= 0.6 is 0 Å². The molecule has 0 saturated carbocycles. The van der Waals surface area contributed by atoms with Crippen LogP contribution in [0.1, 0.15) is 34.2 Å². The van der Waals surface area contributed by atoms with E-state index in [4.69, 9.17) is 4.74 Å². The Morgan fingerprint density at radius 2 is 1.86 bits per heavy atom. The molecule has 2 atom stereocenters. The van der Waals surface area contributed by atoms with E-state index in [2.05, 4.69) is 26.1 Å². The van der Waals surface area contributed by atoms with Crippen molar-refractivity contribution in [2.24, 2.45) is 0 Å². The summed E-state index contributed by atoms with van der Waals surface area (Å²) in [6, 6.07) is 3.44. The van der Waals surface area contributed by atoms with Gasteiger partial charge in [0.25, 0.3) is 5.91 Å². The van der Waals surface area contributed by atoms with E-state index in [1.165, 1.54) is 19.9 Å². The highest BCUT2D eigenvalue weighted by Gasteiger charge is 2.32. The van der Waals surface area contributed by atoms with Gasteiger partial charge in [0.2, 0.25) is 21.8 Å². The molecule has 5 N–H and O–H groups in total. The number of aliphatic hydroxyl groups is 1. The van der Waals surface area contributed by atoms with Gasteiger partial charge in [-0.25, -0.2) is 8.42 Å². The quantitative estimate of drug-likeness (QED) is 0.335. The Bertz CT molecular complexity index is 1250. The van der Waals surface area contributed by atoms with E-state index in [0.717, 1.165) is 9.87 Å². The minimum atomic E-state index is -4.16. The summed E-state index contributed by atoms with van der Waals surface area (Å²) < 4.78 is 33.5. The molecule has 13 nitrogen and oxygen atoms in total. The number of benzene rings is 1. The van der Waals surface area contributed by atoms with Crippen LogP contribution in [0.15, 0.2) is 23.1 Å². The second-order valence-corrected chi connectivity index (χ2v) is 10.6. The highest BCUT2D eigenvalue weighted by Crippen LogP contribution is 2.22. The maximum absolute atomic E-state index is 13.4. The van der Waals surface area contributed by atoms with Crippen molar-refractivity contribution in [2.45, 2.75) is 44.7 Å². The van der Waals surface area contributed by atoms with Crippen LogP contribution in [-0.4, -0.2) is 90.7 Å². The Morgan fingerprint density at radius 3 is 2.51 bits per heavy atom. The highest BCUT2D eigenvalue weighted by molar-refractivity contribution is 7.89. The summed E-state index contributed by atoms with van der Waals surface area (Å²) >= 11 is 0. The molecule has 2 heterocycles. The molecule has 1 aliphatic heterocycles. The molecule has 0 aliphatic carbocycles. The van der Waals surface area contributed by atoms with E-state index in [1.54, 1.807) is 26.0 Å². The normalized spacial score (nSPS) is 19.7. The molecule has 0 unspecified atom stereocenters. The van der Waals surface area contributed by atoms with Gasteiger partial charge in [-0.2, -0.15) is 9.40 Å². The standard InChI is InChI=1S/C23H32N6O7S/c1-13-5-6-17-11-18(13)36-10-8-24-19(31)12-29(37(34,35)21-14(2)27-28-15(21)3)9-7-25-23(33)20(16(4)30)26-22(17)32/h5-6,11,16,20,30H,7-10,12H2,1-4H3,(H,24,31)(H,25,33)(H,26,32)(H,27,28)/t16-,20+/m1/s1. The molecule has 0 fully saturated rings. The summed E-state index contributed by atoms with van der Waals surface area (Å²) in [5.41, 5.74) is 1.52. The van der Waals surface area contributed by atoms with Crippen molar-refractivity contribution in [3.05, 3.63) is 40.7 Å². The molecule has 202 valence electrons. The van der Waals surface area contributed by atoms with E-state index in [0.29, 0.717) is 11.4 Å². The Balaban J connectivity index is 1.90. The van der Waals surface area contributed by atoms with Crippen LogP contribution in [0.4, 0.5) is 0 Å². The third-order valence-electron chi connectivity index (χ3n) is 5.82. The first-order valence-corrected chi connectivity index (χ1v) is 13.1. The van der Waals surface area contributed by atoms with Crippen molar-refractivity contribution >= 4 is 27.7 Å². The number of carbonyl (C=O) groups is 3. The fourth-order valence-electron chi connectivity index (χ4n) is 3.84. The van der Waals surface area contributed by atoms with E-state index in [-0.39, 0.29) is 42.4 Å². The van der Waals surface area contributed by atoms with Gasteiger partial charge in [-0.15, -0.1) is 0 Å². The third kappa shape index (κ3) is 6.64. The van der Waals surface area contributed by atoms with E-state index >= 15 is 0 Å². The summed E-state index contributed by atoms with van der Waals surface area (Å²) in [5, 5.41) is 24.4. The molecule has 2 aromatic rings. The number of nitrogens with zero attached hydrogens (tertiary/aromatic N) is 2. The van der Waals surface area contributed by atoms with Gasteiger partial charge in [0.15, 0.2) is 0 Å². The average Bonchev–Trinajstić information content (AvgIpc) is 3.18. The molecule has 0 saturated heterocycles. The van der Waals surface area contributed by atoms with E-state index in [9.17, 15) is 27.9 Å². The van der Waals surface area contributed by atoms with Crippen LogP contribution in [0.5, 0.6) is 5.75 Å². The lowest BCUT2D eigenvalue weighted by Gasteiger charge is -2.24. The number of aliphatic hydroxyl groups excluding tert-OH is 1. The van der Waals surface area contributed by atoms with Gasteiger partial charge in [-0.05, 0) is 45.4 Å². The molecule has 1 aliphatic rings. The smallest absolute Gasteiger partial charge is 0.252 e. The fraction of sp³-hybridized carbons (Fsp3) is 0.478. The van der Waals surface area contributed by atoms with Crippen LogP contribution in [-0.2, 0) is 19.6 Å². The van der Waals surface area contributed by atoms with E-state index < -0.39 is 46.4 Å². The van der Waals surface area contributed by atoms with E-state index in [1.807, 2.05) is 0 Å². The summed E-state index contributed by atoms with van der Waals surface area (Å²) in [6.45, 7) is 5.44. The molecule has 37 heavy (non-hydrogen) atoms. The lowest BCUT2D eigenvalue weighted by molar-refractivity contribution is -0.125. The summed E-state index contributed by atoms with van der Waals surface area (Å²) in [5.74, 6) is -1.47. The van der Waals surface area contributed by atoms with Crippen molar-refractivity contribution in [3.63, 3.8) is 0 Å². The Hall–Kier alpha value is -3.49. The molecular formula is C23H32N6O7S. The number of ether oxygens (including phenoxy) is 1. The van der Waals surface area contributed by atoms with Crippen molar-refractivity contribution in [1.82, 2.24) is 30.5 Å². The van der Waals surface area contributed by atoms with Gasteiger partial charge in [0, 0.05) is 18.7 Å². The molecule has 14 heteroatoms. The topological polar surface area (TPSA) is 183 Å². The number of sulfonamides is 1. The maximum atomic E-state index is 13.4. The number of aromatic nitrogens is 2. The molecule has 1 aromatic carbocycles. The summed E-state index contributed by atoms with van der Waals surface area (Å²) in [4.78, 5) is 38.2. The van der Waals surface area contributed by atoms with Crippen LogP contribution in [0.25, 0.3) is 0 Å². The first-order valence-electron chi connectivity index (χ1n) is 11.7. The number of hydrogen-bond donors (Lipinski definition) is 5. The summed E-state index contributed by atoms with van der Waals surface area (Å²) in [6.07, 6.45) is -1.24. The minimum absolute atomic E-state index is 0.0512. The molecule has 2 bridgehead atoms. The second kappa shape index (κ2) is 11.7. The number of carbonyl (C=O) groups excluding carboxylic acids is 3. The monoisotopic (exact) mass is 536 g/mol. The number of amides is 3. The Morgan fingerprint density at radius 1 is 1.14 bits per heavy atom. The predicted octanol–water partition coefficient (Wildman–Crippen LogP) is -0.870. The second-order valence-electron chi connectivity index (χ2n) is 8.76. The third-order valence-corrected chi connectivity index (χ3v) is 7.93. The number of hydrogen-bond acceptors (Lipinski definition) is 8. The zero-order valence-corrected chi connectivity index (χ0v) is 21.9. The number of nitrogens with one attached hydrogen (secondary N) is 4. The van der Waals surface area contributed by atoms with Gasteiger partial charge in [-0.3, -0.25) is 19.5 Å². The number of fused-ring (bicyclic) bond motifs is 2. The first kappa shape index (κ1) is 28.1. The number of rotatable bonds is 3. The maximum Gasteiger partial charge on any atom is 0.252 e. The average molecular weight is 537 g/mol. The first-order chi connectivity index (χ1) is 17.4.